The van der Waals surface area contributed by atoms with Gasteiger partial charge in [0.25, 0.3) is 5.91 Å². The summed E-state index contributed by atoms with van der Waals surface area (Å²) in [5.41, 5.74) is 0.902. The zero-order valence-electron chi connectivity index (χ0n) is 22.5. The number of halogens is 4. The van der Waals surface area contributed by atoms with E-state index in [4.69, 9.17) is 32.7 Å². The number of esters is 1. The Morgan fingerprint density at radius 2 is 1.88 bits per heavy atom. The molecule has 43 heavy (non-hydrogen) atoms. The van der Waals surface area contributed by atoms with Crippen LogP contribution >= 0.6 is 48.5 Å². The smallest absolute Gasteiger partial charge is 0.387 e. The minimum atomic E-state index is -3.07. The largest absolute Gasteiger partial charge is 0.619 e. The topological polar surface area (TPSA) is 105 Å². The van der Waals surface area contributed by atoms with Crippen LogP contribution in [-0.2, 0) is 16.0 Å². The average molecular weight is 675 g/mol. The lowest BCUT2D eigenvalue weighted by Crippen LogP contribution is -2.41. The van der Waals surface area contributed by atoms with Crippen LogP contribution in [0.5, 0.6) is 11.5 Å². The lowest BCUT2D eigenvalue weighted by atomic mass is 10.0. The second-order valence-electron chi connectivity index (χ2n) is 9.70. The van der Waals surface area contributed by atoms with Gasteiger partial charge >= 0.3 is 12.6 Å². The Bertz CT molecular complexity index is 1430. The van der Waals surface area contributed by atoms with Gasteiger partial charge < -0.3 is 24.3 Å². The number of ether oxygens (including phenoxy) is 3. The lowest BCUT2D eigenvalue weighted by molar-refractivity contribution is -0.605. The average Bonchev–Trinajstić information content (AvgIpc) is 3.66. The summed E-state index contributed by atoms with van der Waals surface area (Å²) < 4.78 is 43.1. The van der Waals surface area contributed by atoms with E-state index in [1.165, 1.54) is 41.1 Å². The highest BCUT2D eigenvalue weighted by atomic mass is 35.5. The Kier molecular flexibility index (Phi) is 11.2. The summed E-state index contributed by atoms with van der Waals surface area (Å²) in [7, 11) is 0. The molecule has 2 atom stereocenters. The molecule has 9 nitrogen and oxygen atoms in total. The summed E-state index contributed by atoms with van der Waals surface area (Å²) in [4.78, 5) is 32.2. The Morgan fingerprint density at radius 3 is 2.53 bits per heavy atom. The van der Waals surface area contributed by atoms with E-state index >= 15 is 0 Å². The molecule has 1 saturated carbocycles. The van der Waals surface area contributed by atoms with Crippen molar-refractivity contribution in [3.05, 3.63) is 87.1 Å². The summed E-state index contributed by atoms with van der Waals surface area (Å²) in [5.74, 6) is -0.405. The first-order valence-corrected chi connectivity index (χ1v) is 14.8. The Labute approximate surface area is 267 Å². The molecule has 5 rings (SSSR count). The summed E-state index contributed by atoms with van der Waals surface area (Å²) in [6.45, 7) is -2.45. The van der Waals surface area contributed by atoms with Crippen LogP contribution in [0.25, 0.3) is 0 Å². The van der Waals surface area contributed by atoms with Crippen molar-refractivity contribution in [1.29, 1.82) is 0 Å². The Morgan fingerprint density at radius 1 is 1.14 bits per heavy atom. The maximum absolute atomic E-state index is 13.6. The molecule has 1 aliphatic carbocycles. The van der Waals surface area contributed by atoms with Crippen LogP contribution < -0.4 is 14.2 Å². The van der Waals surface area contributed by atoms with E-state index < -0.39 is 30.0 Å². The third kappa shape index (κ3) is 8.34. The number of hydrogen-bond donors (Lipinski definition) is 0. The summed E-state index contributed by atoms with van der Waals surface area (Å²) in [5, 5.41) is 10.9. The van der Waals surface area contributed by atoms with E-state index in [2.05, 4.69) is 9.72 Å². The zero-order valence-corrected chi connectivity index (χ0v) is 25.8. The van der Waals surface area contributed by atoms with Gasteiger partial charge in [0.15, 0.2) is 29.3 Å². The molecule has 15 heteroatoms. The molecule has 230 valence electrons. The number of benzene rings is 1. The maximum Gasteiger partial charge on any atom is 0.387 e. The van der Waals surface area contributed by atoms with Gasteiger partial charge in [-0.3, -0.25) is 9.78 Å². The second-order valence-corrected chi connectivity index (χ2v) is 11.7. The van der Waals surface area contributed by atoms with Crippen LogP contribution in [0.15, 0.2) is 55.0 Å². The number of amides is 1. The van der Waals surface area contributed by atoms with E-state index in [0.717, 1.165) is 25.2 Å². The number of thioether (sulfide) groups is 1. The quantitative estimate of drug-likeness (QED) is 0.148. The monoisotopic (exact) mass is 673 g/mol. The van der Waals surface area contributed by atoms with Crippen LogP contribution in [-0.4, -0.2) is 52.7 Å². The molecule has 2 fully saturated rings. The first kappa shape index (κ1) is 32.9. The van der Waals surface area contributed by atoms with Crippen molar-refractivity contribution in [3.63, 3.8) is 0 Å². The number of carbonyl (C=O) groups is 2. The van der Waals surface area contributed by atoms with Crippen molar-refractivity contribution in [3.8, 4) is 11.5 Å². The first-order valence-electron chi connectivity index (χ1n) is 13.0. The molecular formula is C28H27Cl2F2N3O6S2. The fourth-order valence-electron chi connectivity index (χ4n) is 4.37. The van der Waals surface area contributed by atoms with E-state index in [1.54, 1.807) is 18.2 Å². The number of carbonyl (C=O) groups excluding carboxylic acids is 2. The number of aromatic nitrogens is 2. The summed E-state index contributed by atoms with van der Waals surface area (Å²) in [6.07, 6.45) is 4.56. The van der Waals surface area contributed by atoms with Crippen molar-refractivity contribution >= 4 is 60.3 Å². The zero-order chi connectivity index (χ0) is 29.8. The van der Waals surface area contributed by atoms with Crippen molar-refractivity contribution in [2.75, 3.05) is 18.9 Å². The highest BCUT2D eigenvalue weighted by molar-refractivity contribution is 8.00. The number of alkyl halides is 2. The first-order chi connectivity index (χ1) is 20.2. The number of nitrogens with zero attached hydrogens (tertiary/aromatic N) is 3. The van der Waals surface area contributed by atoms with Gasteiger partial charge in [-0.1, -0.05) is 35.3 Å². The van der Waals surface area contributed by atoms with Crippen LogP contribution in [0.2, 0.25) is 10.0 Å². The normalized spacial score (nSPS) is 16.9. The Hall–Kier alpha value is -3.00. The van der Waals surface area contributed by atoms with Crippen molar-refractivity contribution in [1.82, 2.24) is 9.88 Å². The van der Waals surface area contributed by atoms with Crippen LogP contribution in [0, 0.1) is 11.1 Å². The molecule has 1 unspecified atom stereocenters. The van der Waals surface area contributed by atoms with Gasteiger partial charge in [-0.2, -0.15) is 27.0 Å². The molecule has 0 spiro atoms. The third-order valence-electron chi connectivity index (χ3n) is 6.67. The molecule has 3 heterocycles. The highest BCUT2D eigenvalue weighted by Gasteiger charge is 2.38. The summed E-state index contributed by atoms with van der Waals surface area (Å²) in [6, 6.07) is 9.16. The lowest BCUT2D eigenvalue weighted by Gasteiger charge is -2.26. The predicted molar refractivity (Wildman–Crippen MR) is 161 cm³/mol. The van der Waals surface area contributed by atoms with Gasteiger partial charge in [-0.15, -0.1) is 11.8 Å². The molecule has 0 radical (unpaired) electrons. The fourth-order valence-corrected chi connectivity index (χ4v) is 6.07. The SMILES string of the molecule is O=C(O[C@@H](Cc1c(Cl)c[n+]([O-])cc1Cl)c1ccc(OC(F)F)c(OCC2CC2)c1)C1SCCN1C(=O)c1ccccn1.S. The predicted octanol–water partition coefficient (Wildman–Crippen LogP) is 5.57. The van der Waals surface area contributed by atoms with Gasteiger partial charge in [0.05, 0.1) is 6.61 Å². The molecule has 0 N–H and O–H groups in total. The standard InChI is InChI=1S/C28H25Cl2F2N3O6S.H2S/c29-19-13-34(38)14-20(30)18(19)12-23(17-6-7-22(41-28(31)32)24(11-17)39-15-16-4-5-16)40-27(37)26-35(9-10-42-26)25(36)21-3-1-2-8-33-21;/h1-3,6-8,11,13-14,16,23,26,28H,4-5,9-10,12,15H2;1H2/t23-,26?;/m0./s1. The number of hydrogen-bond acceptors (Lipinski definition) is 8. The second kappa shape index (κ2) is 14.7. The number of pyridine rings is 2. The molecule has 2 aromatic heterocycles. The molecule has 0 bridgehead atoms. The molecule has 1 aromatic carbocycles. The summed E-state index contributed by atoms with van der Waals surface area (Å²) >= 11 is 13.9. The van der Waals surface area contributed by atoms with Gasteiger partial charge in [0.1, 0.15) is 21.8 Å². The fraction of sp³-hybridized carbons (Fsp3) is 0.357. The molecule has 1 amide bonds. The van der Waals surface area contributed by atoms with E-state index in [9.17, 15) is 23.6 Å². The van der Waals surface area contributed by atoms with Crippen molar-refractivity contribution < 1.29 is 37.3 Å². The van der Waals surface area contributed by atoms with Crippen molar-refractivity contribution in [2.45, 2.75) is 37.4 Å². The van der Waals surface area contributed by atoms with Gasteiger partial charge in [0, 0.05) is 30.5 Å². The van der Waals surface area contributed by atoms with E-state index in [1.807, 2.05) is 0 Å². The third-order valence-corrected chi connectivity index (χ3v) is 8.50. The van der Waals surface area contributed by atoms with Crippen LogP contribution in [0.1, 0.15) is 40.6 Å². The van der Waals surface area contributed by atoms with E-state index in [0.29, 0.717) is 40.7 Å². The Balaban J connectivity index is 0.00000423. The van der Waals surface area contributed by atoms with E-state index in [-0.39, 0.29) is 47.2 Å². The van der Waals surface area contributed by atoms with Gasteiger partial charge in [-0.25, -0.2) is 4.79 Å². The molecule has 3 aromatic rings. The minimum Gasteiger partial charge on any atom is -0.619 e. The molecule has 1 saturated heterocycles. The van der Waals surface area contributed by atoms with Crippen molar-refractivity contribution in [2.24, 2.45) is 5.92 Å². The molecule has 2 aliphatic rings. The minimum absolute atomic E-state index is 0. The van der Waals surface area contributed by atoms with Gasteiger partial charge in [0.2, 0.25) is 0 Å². The highest BCUT2D eigenvalue weighted by Crippen LogP contribution is 2.38. The van der Waals surface area contributed by atoms with Gasteiger partial charge in [-0.05, 0) is 48.6 Å². The van der Waals surface area contributed by atoms with Crippen LogP contribution in [0.4, 0.5) is 8.78 Å². The number of rotatable bonds is 11. The molecule has 1 aliphatic heterocycles. The van der Waals surface area contributed by atoms with Crippen LogP contribution in [0.3, 0.4) is 0 Å². The maximum atomic E-state index is 13.6. The molecular weight excluding hydrogens is 647 g/mol.